The largest absolute Gasteiger partial charge is 0.455 e. The number of likely N-dealkylation sites (tertiary alicyclic amines) is 1. The summed E-state index contributed by atoms with van der Waals surface area (Å²) in [5.41, 5.74) is 0.633. The van der Waals surface area contributed by atoms with Gasteiger partial charge < -0.3 is 25.6 Å². The number of rotatable bonds is 5. The Bertz CT molecular complexity index is 891. The Hall–Kier alpha value is -3.22. The Morgan fingerprint density at radius 2 is 1.41 bits per heavy atom. The molecule has 32 heavy (non-hydrogen) atoms. The minimum atomic E-state index is -0.154. The Balaban J connectivity index is 1.25. The highest BCUT2D eigenvalue weighted by Gasteiger charge is 2.25. The zero-order chi connectivity index (χ0) is 22.2. The third-order valence-corrected chi connectivity index (χ3v) is 6.16. The van der Waals surface area contributed by atoms with Gasteiger partial charge in [-0.3, -0.25) is 0 Å². The molecule has 4 rings (SSSR count). The molecule has 1 saturated heterocycles. The number of hydrogen-bond acceptors (Lipinski definition) is 3. The van der Waals surface area contributed by atoms with Crippen molar-refractivity contribution in [2.24, 2.45) is 0 Å². The number of urea groups is 2. The fraction of sp³-hybridized carbons (Fsp3) is 0.440. The Labute approximate surface area is 189 Å². The highest BCUT2D eigenvalue weighted by Crippen LogP contribution is 2.29. The number of hydrogen-bond donors (Lipinski definition) is 3. The Morgan fingerprint density at radius 1 is 0.781 bits per heavy atom. The number of amides is 4. The van der Waals surface area contributed by atoms with E-state index in [2.05, 4.69) is 16.0 Å². The molecular weight excluding hydrogens is 404 g/mol. The maximum absolute atomic E-state index is 12.8. The molecule has 0 unspecified atom stereocenters. The van der Waals surface area contributed by atoms with Crippen molar-refractivity contribution in [1.29, 1.82) is 0 Å². The van der Waals surface area contributed by atoms with Crippen molar-refractivity contribution < 1.29 is 14.3 Å². The number of benzene rings is 2. The van der Waals surface area contributed by atoms with Crippen LogP contribution in [0.2, 0.25) is 0 Å². The number of ether oxygens (including phenoxy) is 1. The van der Waals surface area contributed by atoms with Gasteiger partial charge in [0, 0.05) is 25.2 Å². The van der Waals surface area contributed by atoms with Crippen LogP contribution in [0.15, 0.2) is 54.6 Å². The predicted octanol–water partition coefficient (Wildman–Crippen LogP) is 5.11. The lowest BCUT2D eigenvalue weighted by atomic mass is 9.96. The van der Waals surface area contributed by atoms with Gasteiger partial charge in [-0.15, -0.1) is 0 Å². The quantitative estimate of drug-likeness (QED) is 0.609. The van der Waals surface area contributed by atoms with Crippen LogP contribution in [0.3, 0.4) is 0 Å². The molecular formula is C25H32N4O3. The van der Waals surface area contributed by atoms with E-state index in [9.17, 15) is 9.59 Å². The van der Waals surface area contributed by atoms with Gasteiger partial charge in [0.15, 0.2) is 5.75 Å². The molecule has 3 N–H and O–H groups in total. The molecule has 170 valence electrons. The van der Waals surface area contributed by atoms with Crippen molar-refractivity contribution in [1.82, 2.24) is 15.5 Å². The lowest BCUT2D eigenvalue weighted by Crippen LogP contribution is -2.51. The average Bonchev–Trinajstić information content (AvgIpc) is 2.82. The summed E-state index contributed by atoms with van der Waals surface area (Å²) in [6.07, 6.45) is 7.28. The third kappa shape index (κ3) is 6.15. The Kier molecular flexibility index (Phi) is 7.48. The second-order valence-corrected chi connectivity index (χ2v) is 8.56. The van der Waals surface area contributed by atoms with Crippen LogP contribution in [0.5, 0.6) is 11.5 Å². The van der Waals surface area contributed by atoms with E-state index in [-0.39, 0.29) is 18.1 Å². The molecule has 0 aromatic heterocycles. The van der Waals surface area contributed by atoms with Crippen LogP contribution >= 0.6 is 0 Å². The van der Waals surface area contributed by atoms with E-state index in [1.807, 2.05) is 54.6 Å². The van der Waals surface area contributed by atoms with Crippen molar-refractivity contribution in [3.05, 3.63) is 54.6 Å². The van der Waals surface area contributed by atoms with Gasteiger partial charge >= 0.3 is 12.1 Å². The normalized spacial score (nSPS) is 17.4. The third-order valence-electron chi connectivity index (χ3n) is 6.16. The summed E-state index contributed by atoms with van der Waals surface area (Å²) >= 11 is 0. The zero-order valence-electron chi connectivity index (χ0n) is 18.4. The second-order valence-electron chi connectivity index (χ2n) is 8.56. The molecule has 7 heteroatoms. The number of piperidine rings is 1. The number of nitrogens with one attached hydrogen (secondary N) is 3. The van der Waals surface area contributed by atoms with Gasteiger partial charge in [-0.05, 0) is 49.9 Å². The summed E-state index contributed by atoms with van der Waals surface area (Å²) in [7, 11) is 0. The molecule has 0 radical (unpaired) electrons. The van der Waals surface area contributed by atoms with Crippen LogP contribution in [-0.4, -0.2) is 42.1 Å². The van der Waals surface area contributed by atoms with E-state index in [4.69, 9.17) is 4.74 Å². The van der Waals surface area contributed by atoms with E-state index in [0.717, 1.165) is 25.7 Å². The maximum atomic E-state index is 12.8. The minimum Gasteiger partial charge on any atom is -0.455 e. The number of nitrogens with zero attached hydrogens (tertiary/aromatic N) is 1. The van der Waals surface area contributed by atoms with Gasteiger partial charge in [0.2, 0.25) is 0 Å². The van der Waals surface area contributed by atoms with Crippen LogP contribution < -0.4 is 20.7 Å². The van der Waals surface area contributed by atoms with Crippen LogP contribution in [0.1, 0.15) is 44.9 Å². The van der Waals surface area contributed by atoms with Crippen LogP contribution in [0, 0.1) is 0 Å². The minimum absolute atomic E-state index is 0.0770. The van der Waals surface area contributed by atoms with Crippen molar-refractivity contribution in [2.75, 3.05) is 18.4 Å². The number of carbonyl (C=O) groups excluding carboxylic acids is 2. The van der Waals surface area contributed by atoms with Crippen LogP contribution in [0.4, 0.5) is 15.3 Å². The molecule has 1 aliphatic carbocycles. The number of anilines is 1. The molecule has 0 bridgehead atoms. The van der Waals surface area contributed by atoms with Crippen molar-refractivity contribution in [3.8, 4) is 11.5 Å². The molecule has 1 heterocycles. The van der Waals surface area contributed by atoms with E-state index in [1.165, 1.54) is 19.3 Å². The molecule has 7 nitrogen and oxygen atoms in total. The van der Waals surface area contributed by atoms with Gasteiger partial charge in [-0.25, -0.2) is 9.59 Å². The lowest BCUT2D eigenvalue weighted by Gasteiger charge is -2.33. The van der Waals surface area contributed by atoms with E-state index < -0.39 is 0 Å². The fourth-order valence-electron chi connectivity index (χ4n) is 4.35. The summed E-state index contributed by atoms with van der Waals surface area (Å²) < 4.78 is 5.93. The average molecular weight is 437 g/mol. The van der Waals surface area contributed by atoms with Gasteiger partial charge in [0.1, 0.15) is 5.75 Å². The van der Waals surface area contributed by atoms with Crippen LogP contribution in [0.25, 0.3) is 0 Å². The van der Waals surface area contributed by atoms with Gasteiger partial charge in [0.05, 0.1) is 5.69 Å². The first-order valence-electron chi connectivity index (χ1n) is 11.6. The standard InChI is InChI=1S/C25H32N4O3/c30-24(26-19-9-3-1-4-10-19)27-20-15-17-29(18-16-20)25(31)28-22-13-7-8-14-23(22)32-21-11-5-2-6-12-21/h2,5-8,11-14,19-20H,1,3-4,9-10,15-18H2,(H,28,31)(H2,26,27,30). The summed E-state index contributed by atoms with van der Waals surface area (Å²) in [5.74, 6) is 1.32. The lowest BCUT2D eigenvalue weighted by molar-refractivity contribution is 0.186. The molecule has 4 amide bonds. The SMILES string of the molecule is O=C(NC1CCCCC1)NC1CCN(C(=O)Nc2ccccc2Oc2ccccc2)CC1. The summed E-state index contributed by atoms with van der Waals surface area (Å²) in [6.45, 7) is 1.20. The molecule has 1 saturated carbocycles. The zero-order valence-corrected chi connectivity index (χ0v) is 18.4. The summed E-state index contributed by atoms with van der Waals surface area (Å²) in [5, 5.41) is 9.16. The van der Waals surface area contributed by atoms with Crippen molar-refractivity contribution >= 4 is 17.7 Å². The monoisotopic (exact) mass is 436 g/mol. The first-order valence-corrected chi connectivity index (χ1v) is 11.6. The molecule has 2 fully saturated rings. The highest BCUT2D eigenvalue weighted by molar-refractivity contribution is 5.91. The fourth-order valence-corrected chi connectivity index (χ4v) is 4.35. The smallest absolute Gasteiger partial charge is 0.321 e. The number of carbonyl (C=O) groups is 2. The van der Waals surface area contributed by atoms with E-state index >= 15 is 0 Å². The van der Waals surface area contributed by atoms with Gasteiger partial charge in [0.25, 0.3) is 0 Å². The van der Waals surface area contributed by atoms with Crippen LogP contribution in [-0.2, 0) is 0 Å². The molecule has 2 aromatic carbocycles. The van der Waals surface area contributed by atoms with E-state index in [1.54, 1.807) is 4.90 Å². The predicted molar refractivity (Wildman–Crippen MR) is 125 cm³/mol. The number of para-hydroxylation sites is 3. The molecule has 0 spiro atoms. The van der Waals surface area contributed by atoms with Gasteiger partial charge in [-0.2, -0.15) is 0 Å². The molecule has 2 aliphatic rings. The molecule has 1 aliphatic heterocycles. The highest BCUT2D eigenvalue weighted by atomic mass is 16.5. The second kappa shape index (κ2) is 10.9. The maximum Gasteiger partial charge on any atom is 0.321 e. The van der Waals surface area contributed by atoms with E-state index in [0.29, 0.717) is 36.3 Å². The topological polar surface area (TPSA) is 82.7 Å². The molecule has 0 atom stereocenters. The summed E-state index contributed by atoms with van der Waals surface area (Å²) in [6, 6.07) is 17.1. The summed E-state index contributed by atoms with van der Waals surface area (Å²) in [4.78, 5) is 26.9. The van der Waals surface area contributed by atoms with Crippen molar-refractivity contribution in [3.63, 3.8) is 0 Å². The van der Waals surface area contributed by atoms with Crippen molar-refractivity contribution in [2.45, 2.75) is 57.0 Å². The first-order chi connectivity index (χ1) is 15.7. The Morgan fingerprint density at radius 3 is 2.12 bits per heavy atom. The van der Waals surface area contributed by atoms with Gasteiger partial charge in [-0.1, -0.05) is 49.6 Å². The first kappa shape index (κ1) is 22.0. The molecule has 2 aromatic rings.